The molecule has 6 nitrogen and oxygen atoms in total. The largest absolute Gasteiger partial charge is 0.493 e. The standard InChI is InChI=1S/C25H23ClFN3O3/c1-15-3-2-4-23(28-15)33-13-16-12-30(25(31)29-19-8-5-17(26)6-9-19)24-20-11-18(27)7-10-22(20)32-14-21(16)24/h2-11,16,21,24H,12-14H2,1H3,(H,29,31)/t16-,21-,24-/m0/s1. The zero-order valence-corrected chi connectivity index (χ0v) is 18.8. The second-order valence-electron chi connectivity index (χ2n) is 8.38. The molecule has 0 spiro atoms. The summed E-state index contributed by atoms with van der Waals surface area (Å²) in [5, 5.41) is 3.52. The molecule has 0 radical (unpaired) electrons. The molecule has 5 rings (SSSR count). The van der Waals surface area contributed by atoms with Crippen LogP contribution in [0.3, 0.4) is 0 Å². The zero-order chi connectivity index (χ0) is 22.9. The van der Waals surface area contributed by atoms with Crippen molar-refractivity contribution in [2.24, 2.45) is 11.8 Å². The Bertz CT molecular complexity index is 1170. The topological polar surface area (TPSA) is 63.7 Å². The van der Waals surface area contributed by atoms with Gasteiger partial charge in [0.1, 0.15) is 11.6 Å². The Kier molecular flexibility index (Phi) is 5.81. The SMILES string of the molecule is Cc1cccc(OC[C@@H]2CN(C(=O)Nc3ccc(Cl)cc3)[C@H]3c4cc(F)ccc4OC[C@@H]23)n1. The van der Waals surface area contributed by atoms with Gasteiger partial charge in [-0.25, -0.2) is 14.2 Å². The summed E-state index contributed by atoms with van der Waals surface area (Å²) in [7, 11) is 0. The van der Waals surface area contributed by atoms with Crippen molar-refractivity contribution < 1.29 is 18.7 Å². The number of aromatic nitrogens is 1. The summed E-state index contributed by atoms with van der Waals surface area (Å²) < 4.78 is 26.1. The number of urea groups is 1. The van der Waals surface area contributed by atoms with E-state index in [1.807, 2.05) is 25.1 Å². The number of likely N-dealkylation sites (tertiary alicyclic amines) is 1. The second-order valence-corrected chi connectivity index (χ2v) is 8.82. The van der Waals surface area contributed by atoms with Gasteiger partial charge in [0, 0.05) is 46.4 Å². The summed E-state index contributed by atoms with van der Waals surface area (Å²) in [6.45, 7) is 3.14. The van der Waals surface area contributed by atoms with Gasteiger partial charge >= 0.3 is 6.03 Å². The van der Waals surface area contributed by atoms with Crippen LogP contribution in [0, 0.1) is 24.6 Å². The number of amides is 2. The first-order chi connectivity index (χ1) is 16.0. The summed E-state index contributed by atoms with van der Waals surface area (Å²) in [4.78, 5) is 19.5. The maximum Gasteiger partial charge on any atom is 0.322 e. The number of nitrogens with zero attached hydrogens (tertiary/aromatic N) is 2. The fourth-order valence-electron chi connectivity index (χ4n) is 4.59. The van der Waals surface area contributed by atoms with E-state index >= 15 is 0 Å². The number of hydrogen-bond donors (Lipinski definition) is 1. The average molecular weight is 468 g/mol. The van der Waals surface area contributed by atoms with E-state index in [1.165, 1.54) is 12.1 Å². The van der Waals surface area contributed by atoms with Gasteiger partial charge in [0.25, 0.3) is 0 Å². The van der Waals surface area contributed by atoms with Crippen molar-refractivity contribution in [2.75, 3.05) is 25.1 Å². The molecular weight excluding hydrogens is 445 g/mol. The molecule has 0 unspecified atom stereocenters. The van der Waals surface area contributed by atoms with Crippen LogP contribution in [0.5, 0.6) is 11.6 Å². The summed E-state index contributed by atoms with van der Waals surface area (Å²) in [5.74, 6) is 0.729. The number of ether oxygens (including phenoxy) is 2. The number of carbonyl (C=O) groups excluding carboxylic acids is 1. The highest BCUT2D eigenvalue weighted by Gasteiger charge is 2.48. The summed E-state index contributed by atoms with van der Waals surface area (Å²) in [6, 6.07) is 16.4. The van der Waals surface area contributed by atoms with E-state index in [0.717, 1.165) is 5.69 Å². The van der Waals surface area contributed by atoms with Crippen LogP contribution in [0.1, 0.15) is 17.3 Å². The molecule has 1 fully saturated rings. The van der Waals surface area contributed by atoms with Crippen molar-refractivity contribution in [2.45, 2.75) is 13.0 Å². The van der Waals surface area contributed by atoms with Crippen LogP contribution >= 0.6 is 11.6 Å². The number of carbonyl (C=O) groups is 1. The molecule has 1 saturated heterocycles. The number of aryl methyl sites for hydroxylation is 1. The van der Waals surface area contributed by atoms with Crippen molar-refractivity contribution in [3.63, 3.8) is 0 Å². The lowest BCUT2D eigenvalue weighted by molar-refractivity contribution is 0.128. The van der Waals surface area contributed by atoms with E-state index in [2.05, 4.69) is 10.3 Å². The third kappa shape index (κ3) is 4.46. The lowest BCUT2D eigenvalue weighted by Gasteiger charge is -2.34. The molecule has 0 aliphatic carbocycles. The zero-order valence-electron chi connectivity index (χ0n) is 18.0. The lowest BCUT2D eigenvalue weighted by Crippen LogP contribution is -2.38. The maximum absolute atomic E-state index is 14.1. The van der Waals surface area contributed by atoms with Gasteiger partial charge in [0.05, 0.1) is 19.3 Å². The smallest absolute Gasteiger partial charge is 0.322 e. The molecule has 170 valence electrons. The Morgan fingerprint density at radius 1 is 1.24 bits per heavy atom. The van der Waals surface area contributed by atoms with Crippen LogP contribution in [0.2, 0.25) is 5.02 Å². The molecule has 33 heavy (non-hydrogen) atoms. The van der Waals surface area contributed by atoms with Crippen LogP contribution in [0.4, 0.5) is 14.9 Å². The number of fused-ring (bicyclic) bond motifs is 3. The van der Waals surface area contributed by atoms with Gasteiger partial charge in [0.2, 0.25) is 5.88 Å². The minimum Gasteiger partial charge on any atom is -0.493 e. The highest BCUT2D eigenvalue weighted by Crippen LogP contribution is 2.47. The highest BCUT2D eigenvalue weighted by molar-refractivity contribution is 6.30. The van der Waals surface area contributed by atoms with E-state index in [-0.39, 0.29) is 29.7 Å². The molecule has 0 bridgehead atoms. The normalized spacial score (nSPS) is 21.1. The molecule has 2 aliphatic heterocycles. The lowest BCUT2D eigenvalue weighted by atomic mass is 9.85. The number of hydrogen-bond acceptors (Lipinski definition) is 4. The summed E-state index contributed by atoms with van der Waals surface area (Å²) in [5.41, 5.74) is 2.18. The Hall–Kier alpha value is -3.32. The molecule has 3 aromatic rings. The fraction of sp³-hybridized carbons (Fsp3) is 0.280. The molecule has 8 heteroatoms. The Labute approximate surface area is 196 Å². The van der Waals surface area contributed by atoms with Crippen molar-refractivity contribution >= 4 is 23.3 Å². The summed E-state index contributed by atoms with van der Waals surface area (Å²) in [6.07, 6.45) is 0. The van der Waals surface area contributed by atoms with Crippen LogP contribution in [-0.2, 0) is 0 Å². The van der Waals surface area contributed by atoms with Crippen LogP contribution in [0.15, 0.2) is 60.7 Å². The van der Waals surface area contributed by atoms with Gasteiger partial charge in [0.15, 0.2) is 0 Å². The van der Waals surface area contributed by atoms with E-state index in [4.69, 9.17) is 21.1 Å². The minimum absolute atomic E-state index is 0.00954. The number of anilines is 1. The average Bonchev–Trinajstić information content (AvgIpc) is 3.18. The molecule has 2 amide bonds. The first-order valence-corrected chi connectivity index (χ1v) is 11.2. The second kappa shape index (κ2) is 8.90. The molecular formula is C25H23ClFN3O3. The predicted octanol–water partition coefficient (Wildman–Crippen LogP) is 5.48. The highest BCUT2D eigenvalue weighted by atomic mass is 35.5. The monoisotopic (exact) mass is 467 g/mol. The van der Waals surface area contributed by atoms with E-state index in [1.54, 1.807) is 35.2 Å². The van der Waals surface area contributed by atoms with Crippen LogP contribution in [-0.4, -0.2) is 35.7 Å². The molecule has 2 aromatic carbocycles. The van der Waals surface area contributed by atoms with Gasteiger partial charge in [-0.15, -0.1) is 0 Å². The van der Waals surface area contributed by atoms with E-state index < -0.39 is 0 Å². The number of pyridine rings is 1. The molecule has 3 heterocycles. The molecule has 1 aromatic heterocycles. The Morgan fingerprint density at radius 2 is 2.06 bits per heavy atom. The van der Waals surface area contributed by atoms with E-state index in [0.29, 0.717) is 47.7 Å². The first kappa shape index (κ1) is 21.5. The van der Waals surface area contributed by atoms with Crippen molar-refractivity contribution in [3.8, 4) is 11.6 Å². The fourth-order valence-corrected chi connectivity index (χ4v) is 4.72. The Morgan fingerprint density at radius 3 is 2.85 bits per heavy atom. The van der Waals surface area contributed by atoms with Crippen LogP contribution < -0.4 is 14.8 Å². The van der Waals surface area contributed by atoms with Gasteiger partial charge in [-0.1, -0.05) is 17.7 Å². The van der Waals surface area contributed by atoms with Crippen LogP contribution in [0.25, 0.3) is 0 Å². The van der Waals surface area contributed by atoms with Gasteiger partial charge in [-0.3, -0.25) is 0 Å². The Balaban J connectivity index is 1.41. The molecule has 1 N–H and O–H groups in total. The number of benzene rings is 2. The van der Waals surface area contributed by atoms with Crippen molar-refractivity contribution in [3.05, 3.63) is 82.8 Å². The van der Waals surface area contributed by atoms with E-state index in [9.17, 15) is 9.18 Å². The number of rotatable bonds is 4. The molecule has 2 aliphatic rings. The van der Waals surface area contributed by atoms with Gasteiger partial charge in [-0.05, 0) is 55.5 Å². The third-order valence-electron chi connectivity index (χ3n) is 6.16. The molecule has 3 atom stereocenters. The molecule has 0 saturated carbocycles. The van der Waals surface area contributed by atoms with Crippen molar-refractivity contribution in [1.82, 2.24) is 9.88 Å². The van der Waals surface area contributed by atoms with Gasteiger partial charge in [-0.2, -0.15) is 0 Å². The predicted molar refractivity (Wildman–Crippen MR) is 123 cm³/mol. The summed E-state index contributed by atoms with van der Waals surface area (Å²) >= 11 is 5.96. The van der Waals surface area contributed by atoms with Gasteiger partial charge < -0.3 is 19.7 Å². The number of halogens is 2. The van der Waals surface area contributed by atoms with Crippen molar-refractivity contribution in [1.29, 1.82) is 0 Å². The quantitative estimate of drug-likeness (QED) is 0.552. The maximum atomic E-state index is 14.1. The third-order valence-corrected chi connectivity index (χ3v) is 6.42. The first-order valence-electron chi connectivity index (χ1n) is 10.8. The minimum atomic E-state index is -0.361. The number of nitrogens with one attached hydrogen (secondary N) is 1.